The summed E-state index contributed by atoms with van der Waals surface area (Å²) in [6, 6.07) is 13.0. The fourth-order valence-corrected chi connectivity index (χ4v) is 3.11. The molecule has 8 heteroatoms. The fraction of sp³-hybridized carbons (Fsp3) is 0.0476. The Bertz CT molecular complexity index is 1270. The largest absolute Gasteiger partial charge is 0.507 e. The first-order chi connectivity index (χ1) is 13.9. The van der Waals surface area contributed by atoms with Gasteiger partial charge in [-0.05, 0) is 29.8 Å². The molecule has 1 heterocycles. The average Bonchev–Trinajstić information content (AvgIpc) is 2.66. The van der Waals surface area contributed by atoms with E-state index in [0.29, 0.717) is 16.5 Å². The van der Waals surface area contributed by atoms with Crippen LogP contribution in [0.3, 0.4) is 0 Å². The molecule has 0 fully saturated rings. The van der Waals surface area contributed by atoms with E-state index < -0.39 is 23.0 Å². The molecule has 0 atom stereocenters. The molecule has 4 aromatic rings. The lowest BCUT2D eigenvalue weighted by molar-refractivity contribution is 0.481. The number of aromatic hydroxyl groups is 1. The normalized spacial score (nSPS) is 11.0. The van der Waals surface area contributed by atoms with Crippen molar-refractivity contribution in [3.8, 4) is 5.75 Å². The van der Waals surface area contributed by atoms with E-state index in [1.807, 2.05) is 0 Å². The van der Waals surface area contributed by atoms with Crippen LogP contribution in [0.15, 0.2) is 65.6 Å². The Morgan fingerprint density at radius 2 is 1.66 bits per heavy atom. The van der Waals surface area contributed by atoms with E-state index in [1.165, 1.54) is 10.6 Å². The van der Waals surface area contributed by atoms with Gasteiger partial charge in [-0.25, -0.2) is 8.78 Å². The maximum absolute atomic E-state index is 13.9. The van der Waals surface area contributed by atoms with Crippen LogP contribution in [0, 0.1) is 17.5 Å². The highest BCUT2D eigenvalue weighted by molar-refractivity contribution is 5.98. The number of nitrogens with one attached hydrogen (secondary N) is 1. The quantitative estimate of drug-likeness (QED) is 0.539. The first-order valence-corrected chi connectivity index (χ1v) is 8.60. The summed E-state index contributed by atoms with van der Waals surface area (Å²) in [5, 5.41) is 14.2. The molecule has 29 heavy (non-hydrogen) atoms. The number of rotatable bonds is 4. The summed E-state index contributed by atoms with van der Waals surface area (Å²) in [5.41, 5.74) is -0.334. The molecule has 3 aromatic carbocycles. The molecule has 0 aliphatic carbocycles. The topological polar surface area (TPSA) is 67.2 Å². The molecule has 2 N–H and O–H groups in total. The molecule has 146 valence electrons. The smallest absolute Gasteiger partial charge is 0.310 e. The molecule has 4 rings (SSSR count). The van der Waals surface area contributed by atoms with Crippen LogP contribution in [0.1, 0.15) is 5.56 Å². The van der Waals surface area contributed by atoms with Crippen LogP contribution >= 0.6 is 0 Å². The Kier molecular flexibility index (Phi) is 4.67. The van der Waals surface area contributed by atoms with Crippen molar-refractivity contribution in [2.45, 2.75) is 6.54 Å². The molecule has 0 aliphatic rings. The Hall–Kier alpha value is -3.81. The van der Waals surface area contributed by atoms with E-state index in [0.717, 1.165) is 24.4 Å². The standard InChI is InChI=1S/C21H14F3N3O2/c22-13-7-12(8-14(23)9-13)10-27-11-17(24)20(29)26-21(27)25-18-5-1-4-16-15(18)3-2-6-19(16)28/h1-9,11,28H,10H2,(H,25,26,29). The van der Waals surface area contributed by atoms with Crippen molar-refractivity contribution in [2.75, 3.05) is 5.32 Å². The number of benzene rings is 3. The van der Waals surface area contributed by atoms with Crippen LogP contribution in [0.5, 0.6) is 5.75 Å². The Morgan fingerprint density at radius 3 is 2.41 bits per heavy atom. The summed E-state index contributed by atoms with van der Waals surface area (Å²) in [5.74, 6) is -2.58. The van der Waals surface area contributed by atoms with Gasteiger partial charge in [0.15, 0.2) is 0 Å². The molecule has 0 spiro atoms. The van der Waals surface area contributed by atoms with Gasteiger partial charge < -0.3 is 15.0 Å². The fourth-order valence-electron chi connectivity index (χ4n) is 3.11. The zero-order valence-electron chi connectivity index (χ0n) is 14.9. The van der Waals surface area contributed by atoms with Crippen LogP contribution in [-0.2, 0) is 6.54 Å². The summed E-state index contributed by atoms with van der Waals surface area (Å²) in [6.45, 7) is -0.128. The molecule has 0 aliphatic heterocycles. The second-order valence-electron chi connectivity index (χ2n) is 6.43. The van der Waals surface area contributed by atoms with Crippen molar-refractivity contribution in [3.05, 3.63) is 94.2 Å². The van der Waals surface area contributed by atoms with Crippen molar-refractivity contribution in [1.82, 2.24) is 9.55 Å². The van der Waals surface area contributed by atoms with E-state index in [9.17, 15) is 23.1 Å². The lowest BCUT2D eigenvalue weighted by Crippen LogP contribution is -2.20. The monoisotopic (exact) mass is 397 g/mol. The third-order valence-corrected chi connectivity index (χ3v) is 4.37. The first-order valence-electron chi connectivity index (χ1n) is 8.60. The van der Waals surface area contributed by atoms with Crippen molar-refractivity contribution < 1.29 is 18.3 Å². The van der Waals surface area contributed by atoms with Crippen LogP contribution < -0.4 is 10.9 Å². The zero-order valence-corrected chi connectivity index (χ0v) is 14.9. The molecule has 0 bridgehead atoms. The third kappa shape index (κ3) is 3.77. The number of halogens is 3. The number of nitrogens with zero attached hydrogens (tertiary/aromatic N) is 2. The maximum Gasteiger partial charge on any atom is 0.310 e. The van der Waals surface area contributed by atoms with Crippen LogP contribution in [0.2, 0.25) is 0 Å². The molecular formula is C21H14F3N3O2. The Labute approximate surface area is 162 Å². The molecule has 0 unspecified atom stereocenters. The minimum Gasteiger partial charge on any atom is -0.507 e. The lowest BCUT2D eigenvalue weighted by atomic mass is 10.1. The first kappa shape index (κ1) is 18.5. The van der Waals surface area contributed by atoms with Gasteiger partial charge in [0.2, 0.25) is 11.8 Å². The molecule has 0 amide bonds. The van der Waals surface area contributed by atoms with E-state index in [4.69, 9.17) is 0 Å². The summed E-state index contributed by atoms with van der Waals surface area (Å²) < 4.78 is 42.1. The van der Waals surface area contributed by atoms with Crippen molar-refractivity contribution in [2.24, 2.45) is 0 Å². The summed E-state index contributed by atoms with van der Waals surface area (Å²) in [6.07, 6.45) is 0.920. The highest BCUT2D eigenvalue weighted by atomic mass is 19.1. The molecule has 0 saturated heterocycles. The van der Waals surface area contributed by atoms with Crippen molar-refractivity contribution >= 4 is 22.4 Å². The molecular weight excluding hydrogens is 383 g/mol. The van der Waals surface area contributed by atoms with Gasteiger partial charge in [-0.15, -0.1) is 0 Å². The second kappa shape index (κ2) is 7.31. The number of phenols is 1. The predicted molar refractivity (Wildman–Crippen MR) is 103 cm³/mol. The van der Waals surface area contributed by atoms with Crippen LogP contribution in [0.25, 0.3) is 10.8 Å². The number of anilines is 2. The van der Waals surface area contributed by atoms with Gasteiger partial charge in [-0.3, -0.25) is 4.79 Å². The van der Waals surface area contributed by atoms with Gasteiger partial charge in [0, 0.05) is 28.7 Å². The van der Waals surface area contributed by atoms with Crippen molar-refractivity contribution in [1.29, 1.82) is 0 Å². The van der Waals surface area contributed by atoms with E-state index in [2.05, 4.69) is 10.3 Å². The van der Waals surface area contributed by atoms with Crippen LogP contribution in [0.4, 0.5) is 24.8 Å². The Balaban J connectivity index is 1.79. The lowest BCUT2D eigenvalue weighted by Gasteiger charge is -2.16. The van der Waals surface area contributed by atoms with Gasteiger partial charge >= 0.3 is 5.56 Å². The van der Waals surface area contributed by atoms with Crippen molar-refractivity contribution in [3.63, 3.8) is 0 Å². The van der Waals surface area contributed by atoms with Gasteiger partial charge in [-0.2, -0.15) is 9.37 Å². The van der Waals surface area contributed by atoms with Gasteiger partial charge in [0.05, 0.1) is 6.54 Å². The number of phenolic OH excluding ortho intramolecular Hbond substituents is 1. The average molecular weight is 397 g/mol. The summed E-state index contributed by atoms with van der Waals surface area (Å²) in [7, 11) is 0. The summed E-state index contributed by atoms with van der Waals surface area (Å²) >= 11 is 0. The third-order valence-electron chi connectivity index (χ3n) is 4.37. The van der Waals surface area contributed by atoms with Gasteiger partial charge in [-0.1, -0.05) is 24.3 Å². The van der Waals surface area contributed by atoms with E-state index >= 15 is 0 Å². The number of hydrogen-bond acceptors (Lipinski definition) is 4. The maximum atomic E-state index is 13.9. The minimum atomic E-state index is -1.09. The van der Waals surface area contributed by atoms with Gasteiger partial charge in [0.25, 0.3) is 0 Å². The molecule has 5 nitrogen and oxygen atoms in total. The Morgan fingerprint density at radius 1 is 0.966 bits per heavy atom. The van der Waals surface area contributed by atoms with E-state index in [1.54, 1.807) is 30.3 Å². The SMILES string of the molecule is O=c1nc(Nc2cccc3c(O)cccc23)n(Cc2cc(F)cc(F)c2)cc1F. The summed E-state index contributed by atoms with van der Waals surface area (Å²) in [4.78, 5) is 15.5. The molecule has 1 aromatic heterocycles. The predicted octanol–water partition coefficient (Wildman–Crippen LogP) is 4.31. The van der Waals surface area contributed by atoms with E-state index in [-0.39, 0.29) is 23.8 Å². The highest BCUT2D eigenvalue weighted by Gasteiger charge is 2.12. The number of fused-ring (bicyclic) bond motifs is 1. The minimum absolute atomic E-state index is 0.0167. The second-order valence-corrected chi connectivity index (χ2v) is 6.43. The highest BCUT2D eigenvalue weighted by Crippen LogP contribution is 2.31. The number of hydrogen-bond donors (Lipinski definition) is 2. The van der Waals surface area contributed by atoms with Gasteiger partial charge in [0.1, 0.15) is 17.4 Å². The van der Waals surface area contributed by atoms with Crippen LogP contribution in [-0.4, -0.2) is 14.7 Å². The zero-order chi connectivity index (χ0) is 20.5. The molecule has 0 radical (unpaired) electrons. The number of aromatic nitrogens is 2. The molecule has 0 saturated carbocycles.